The van der Waals surface area contributed by atoms with Gasteiger partial charge in [-0.05, 0) is 44.4 Å². The molecule has 2 rings (SSSR count). The predicted octanol–water partition coefficient (Wildman–Crippen LogP) is 5.69. The SMILES string of the molecule is CCC(C(=O)NC(C)(C)C)N(Cc1ccccc1Cl)C(=O)CCSCc1ccccc1. The lowest BCUT2D eigenvalue weighted by Gasteiger charge is -2.33. The number of hydrogen-bond donors (Lipinski definition) is 1. The maximum atomic E-state index is 13.2. The van der Waals surface area contributed by atoms with Gasteiger partial charge in [0.25, 0.3) is 0 Å². The van der Waals surface area contributed by atoms with Gasteiger partial charge in [0.05, 0.1) is 0 Å². The molecule has 0 bridgehead atoms. The van der Waals surface area contributed by atoms with Crippen LogP contribution in [0.25, 0.3) is 0 Å². The molecule has 31 heavy (non-hydrogen) atoms. The van der Waals surface area contributed by atoms with Gasteiger partial charge in [-0.2, -0.15) is 11.8 Å². The lowest BCUT2D eigenvalue weighted by molar-refractivity contribution is -0.141. The van der Waals surface area contributed by atoms with Crippen molar-refractivity contribution < 1.29 is 9.59 Å². The molecule has 0 aliphatic heterocycles. The van der Waals surface area contributed by atoms with Gasteiger partial charge in [-0.3, -0.25) is 9.59 Å². The highest BCUT2D eigenvalue weighted by Crippen LogP contribution is 2.21. The highest BCUT2D eigenvalue weighted by Gasteiger charge is 2.30. The molecule has 0 aromatic heterocycles. The molecule has 168 valence electrons. The van der Waals surface area contributed by atoms with Crippen molar-refractivity contribution in [3.8, 4) is 0 Å². The molecular weight excluding hydrogens is 428 g/mol. The van der Waals surface area contributed by atoms with Crippen molar-refractivity contribution in [2.45, 2.75) is 64.4 Å². The normalized spacial score (nSPS) is 12.3. The van der Waals surface area contributed by atoms with Crippen molar-refractivity contribution in [2.24, 2.45) is 0 Å². The van der Waals surface area contributed by atoms with E-state index in [0.717, 1.165) is 11.3 Å². The smallest absolute Gasteiger partial charge is 0.243 e. The van der Waals surface area contributed by atoms with Gasteiger partial charge in [-0.1, -0.05) is 67.1 Å². The van der Waals surface area contributed by atoms with E-state index >= 15 is 0 Å². The van der Waals surface area contributed by atoms with Crippen LogP contribution in [0.4, 0.5) is 0 Å². The van der Waals surface area contributed by atoms with Gasteiger partial charge >= 0.3 is 0 Å². The van der Waals surface area contributed by atoms with Crippen molar-refractivity contribution in [2.75, 3.05) is 5.75 Å². The molecule has 0 saturated carbocycles. The Bertz CT molecular complexity index is 852. The zero-order chi connectivity index (χ0) is 22.9. The summed E-state index contributed by atoms with van der Waals surface area (Å²) in [5.41, 5.74) is 1.72. The Balaban J connectivity index is 2.10. The summed E-state index contributed by atoms with van der Waals surface area (Å²) in [4.78, 5) is 27.9. The Kier molecular flexibility index (Phi) is 9.92. The van der Waals surface area contributed by atoms with Crippen LogP contribution in [0.1, 0.15) is 51.7 Å². The van der Waals surface area contributed by atoms with Crippen LogP contribution in [0, 0.1) is 0 Å². The molecule has 1 N–H and O–H groups in total. The summed E-state index contributed by atoms with van der Waals surface area (Å²) in [5, 5.41) is 3.63. The van der Waals surface area contributed by atoms with Crippen LogP contribution in [0.15, 0.2) is 54.6 Å². The summed E-state index contributed by atoms with van der Waals surface area (Å²) in [6.07, 6.45) is 0.913. The molecule has 0 aliphatic carbocycles. The third-order valence-electron chi connectivity index (χ3n) is 4.75. The Morgan fingerprint density at radius 2 is 1.71 bits per heavy atom. The number of benzene rings is 2. The van der Waals surface area contributed by atoms with Crippen molar-refractivity contribution in [3.05, 3.63) is 70.7 Å². The largest absolute Gasteiger partial charge is 0.350 e. The first-order chi connectivity index (χ1) is 14.7. The van der Waals surface area contributed by atoms with Crippen molar-refractivity contribution >= 4 is 35.2 Å². The van der Waals surface area contributed by atoms with E-state index < -0.39 is 6.04 Å². The maximum absolute atomic E-state index is 13.2. The first-order valence-electron chi connectivity index (χ1n) is 10.7. The Morgan fingerprint density at radius 3 is 2.32 bits per heavy atom. The van der Waals surface area contributed by atoms with Gasteiger partial charge in [-0.25, -0.2) is 0 Å². The topological polar surface area (TPSA) is 49.4 Å². The molecule has 0 heterocycles. The van der Waals surface area contributed by atoms with Crippen LogP contribution < -0.4 is 5.32 Å². The number of halogens is 1. The van der Waals surface area contributed by atoms with Crippen molar-refractivity contribution in [3.63, 3.8) is 0 Å². The lowest BCUT2D eigenvalue weighted by Crippen LogP contribution is -2.53. The fourth-order valence-electron chi connectivity index (χ4n) is 3.25. The minimum atomic E-state index is -0.540. The number of amides is 2. The molecule has 1 atom stereocenters. The minimum Gasteiger partial charge on any atom is -0.350 e. The van der Waals surface area contributed by atoms with Gasteiger partial charge in [0.15, 0.2) is 0 Å². The van der Waals surface area contributed by atoms with E-state index in [1.165, 1.54) is 5.56 Å². The quantitative estimate of drug-likeness (QED) is 0.463. The summed E-state index contributed by atoms with van der Waals surface area (Å²) in [6, 6.07) is 17.1. The van der Waals surface area contributed by atoms with Crippen molar-refractivity contribution in [1.29, 1.82) is 0 Å². The first kappa shape index (κ1) is 25.3. The van der Waals surface area contributed by atoms with Crippen LogP contribution in [-0.2, 0) is 21.9 Å². The van der Waals surface area contributed by atoms with Crippen LogP contribution in [0.2, 0.25) is 5.02 Å². The summed E-state index contributed by atoms with van der Waals surface area (Å²) in [5.74, 6) is 1.40. The highest BCUT2D eigenvalue weighted by atomic mass is 35.5. The second kappa shape index (κ2) is 12.2. The standard InChI is InChI=1S/C25H33ClN2O2S/c1-5-22(24(30)27-25(2,3)4)28(17-20-13-9-10-14-21(20)26)23(29)15-16-31-18-19-11-7-6-8-12-19/h6-14,22H,5,15-18H2,1-4H3,(H,27,30). The summed E-state index contributed by atoms with van der Waals surface area (Å²) < 4.78 is 0. The van der Waals surface area contributed by atoms with Gasteiger partial charge in [0.2, 0.25) is 11.8 Å². The maximum Gasteiger partial charge on any atom is 0.243 e. The van der Waals surface area contributed by atoms with Gasteiger partial charge in [0, 0.05) is 35.0 Å². The number of carbonyl (C=O) groups excluding carboxylic acids is 2. The molecule has 0 radical (unpaired) electrons. The van der Waals surface area contributed by atoms with E-state index in [2.05, 4.69) is 17.4 Å². The Morgan fingerprint density at radius 1 is 1.06 bits per heavy atom. The second-order valence-corrected chi connectivity index (χ2v) is 10.1. The van der Waals surface area contributed by atoms with Crippen LogP contribution in [-0.4, -0.2) is 34.0 Å². The third kappa shape index (κ3) is 8.58. The molecule has 0 aliphatic rings. The summed E-state index contributed by atoms with van der Waals surface area (Å²) in [6.45, 7) is 8.08. The number of carbonyl (C=O) groups is 2. The monoisotopic (exact) mass is 460 g/mol. The van der Waals surface area contributed by atoms with Gasteiger partial charge in [-0.15, -0.1) is 0 Å². The zero-order valence-electron chi connectivity index (χ0n) is 18.9. The highest BCUT2D eigenvalue weighted by molar-refractivity contribution is 7.98. The van der Waals surface area contributed by atoms with E-state index in [0.29, 0.717) is 30.2 Å². The number of hydrogen-bond acceptors (Lipinski definition) is 3. The second-order valence-electron chi connectivity index (χ2n) is 8.56. The lowest BCUT2D eigenvalue weighted by atomic mass is 10.1. The molecule has 6 heteroatoms. The van der Waals surface area contributed by atoms with Gasteiger partial charge in [0.1, 0.15) is 6.04 Å². The van der Waals surface area contributed by atoms with E-state index in [-0.39, 0.29) is 17.4 Å². The number of nitrogens with one attached hydrogen (secondary N) is 1. The molecule has 4 nitrogen and oxygen atoms in total. The average Bonchev–Trinajstić information content (AvgIpc) is 2.71. The van der Waals surface area contributed by atoms with E-state index in [1.807, 2.05) is 70.2 Å². The third-order valence-corrected chi connectivity index (χ3v) is 6.15. The number of thioether (sulfide) groups is 1. The molecule has 2 aromatic carbocycles. The van der Waals surface area contributed by atoms with E-state index in [1.54, 1.807) is 16.7 Å². The number of nitrogens with zero attached hydrogens (tertiary/aromatic N) is 1. The van der Waals surface area contributed by atoms with Crippen LogP contribution in [0.3, 0.4) is 0 Å². The van der Waals surface area contributed by atoms with Gasteiger partial charge < -0.3 is 10.2 Å². The van der Waals surface area contributed by atoms with E-state index in [4.69, 9.17) is 11.6 Å². The fourth-order valence-corrected chi connectivity index (χ4v) is 4.34. The average molecular weight is 461 g/mol. The number of rotatable bonds is 10. The van der Waals surface area contributed by atoms with E-state index in [9.17, 15) is 9.59 Å². The molecular formula is C25H33ClN2O2S. The fraction of sp³-hybridized carbons (Fsp3) is 0.440. The first-order valence-corrected chi connectivity index (χ1v) is 12.2. The zero-order valence-corrected chi connectivity index (χ0v) is 20.4. The van der Waals surface area contributed by atoms with Crippen LogP contribution in [0.5, 0.6) is 0 Å². The summed E-state index contributed by atoms with van der Waals surface area (Å²) >= 11 is 8.08. The van der Waals surface area contributed by atoms with Crippen molar-refractivity contribution in [1.82, 2.24) is 10.2 Å². The molecule has 1 unspecified atom stereocenters. The molecule has 0 fully saturated rings. The molecule has 0 spiro atoms. The molecule has 2 amide bonds. The Labute approximate surface area is 195 Å². The molecule has 2 aromatic rings. The Hall–Kier alpha value is -1.98. The molecule has 0 saturated heterocycles. The predicted molar refractivity (Wildman–Crippen MR) is 131 cm³/mol. The summed E-state index contributed by atoms with van der Waals surface area (Å²) in [7, 11) is 0. The minimum absolute atomic E-state index is 0.0311. The van der Waals surface area contributed by atoms with Crippen LogP contribution >= 0.6 is 23.4 Å².